The van der Waals surface area contributed by atoms with Crippen molar-refractivity contribution in [3.05, 3.63) is 64.8 Å². The van der Waals surface area contributed by atoms with Crippen molar-refractivity contribution < 1.29 is 19.9 Å². The summed E-state index contributed by atoms with van der Waals surface area (Å²) in [4.78, 5) is 11.0. The number of carbonyl (C=O) groups is 1. The van der Waals surface area contributed by atoms with Crippen molar-refractivity contribution in [2.24, 2.45) is 0 Å². The molecule has 0 radical (unpaired) electrons. The van der Waals surface area contributed by atoms with Crippen LogP contribution in [-0.2, 0) is 6.54 Å². The Morgan fingerprint density at radius 2 is 1.83 bits per heavy atom. The Kier molecular flexibility index (Phi) is 4.13. The molecule has 7 heteroatoms. The van der Waals surface area contributed by atoms with E-state index in [0.717, 1.165) is 11.1 Å². The molecule has 116 valence electrons. The fraction of sp³-hybridized carbons (Fsp3) is 0.0625. The molecule has 0 saturated heterocycles. The topological polar surface area (TPSA) is 82.7 Å². The largest absolute Gasteiger partial charge is 0.488 e. The van der Waals surface area contributed by atoms with Gasteiger partial charge in [0, 0.05) is 23.6 Å². The fourth-order valence-corrected chi connectivity index (χ4v) is 2.78. The van der Waals surface area contributed by atoms with Crippen LogP contribution in [0.1, 0.15) is 15.9 Å². The summed E-state index contributed by atoms with van der Waals surface area (Å²) in [5.74, 6) is -0.992. The van der Waals surface area contributed by atoms with Gasteiger partial charge in [-0.05, 0) is 29.2 Å². The maximum absolute atomic E-state index is 11.0. The fourth-order valence-electron chi connectivity index (χ4n) is 2.51. The van der Waals surface area contributed by atoms with Gasteiger partial charge in [0.05, 0.1) is 10.6 Å². The Bertz CT molecular complexity index is 874. The molecule has 0 saturated carbocycles. The number of rotatable bonds is 4. The molecule has 0 spiro atoms. The Balaban J connectivity index is 1.95. The Morgan fingerprint density at radius 1 is 1.13 bits per heavy atom. The molecule has 1 aromatic heterocycles. The van der Waals surface area contributed by atoms with E-state index in [9.17, 15) is 4.79 Å². The van der Waals surface area contributed by atoms with Crippen molar-refractivity contribution >= 4 is 41.1 Å². The third-order valence-electron chi connectivity index (χ3n) is 3.71. The summed E-state index contributed by atoms with van der Waals surface area (Å²) in [6.45, 7) is 0.539. The number of aromatic nitrogens is 1. The summed E-state index contributed by atoms with van der Waals surface area (Å²) >= 11 is 6.21. The highest BCUT2D eigenvalue weighted by Gasteiger charge is 2.12. The molecule has 0 aliphatic heterocycles. The second-order valence-corrected chi connectivity index (χ2v) is 5.66. The van der Waals surface area contributed by atoms with E-state index in [2.05, 4.69) is 0 Å². The van der Waals surface area contributed by atoms with Gasteiger partial charge in [-0.2, -0.15) is 0 Å². The van der Waals surface area contributed by atoms with E-state index in [1.165, 1.54) is 0 Å². The van der Waals surface area contributed by atoms with Gasteiger partial charge in [-0.15, -0.1) is 0 Å². The van der Waals surface area contributed by atoms with E-state index < -0.39 is 13.1 Å². The van der Waals surface area contributed by atoms with Crippen LogP contribution in [0.5, 0.6) is 0 Å². The number of carboxylic acid groups (broad SMARTS) is 1. The number of hydrogen-bond donors (Lipinski definition) is 3. The lowest BCUT2D eigenvalue weighted by atomic mass is 9.80. The smallest absolute Gasteiger partial charge is 0.478 e. The van der Waals surface area contributed by atoms with Crippen LogP contribution in [0.2, 0.25) is 5.02 Å². The lowest BCUT2D eigenvalue weighted by Gasteiger charge is -2.07. The van der Waals surface area contributed by atoms with E-state index in [4.69, 9.17) is 26.8 Å². The van der Waals surface area contributed by atoms with Gasteiger partial charge in [0.25, 0.3) is 0 Å². The molecule has 3 N–H and O–H groups in total. The van der Waals surface area contributed by atoms with Crippen LogP contribution < -0.4 is 5.46 Å². The van der Waals surface area contributed by atoms with Gasteiger partial charge in [-0.3, -0.25) is 0 Å². The average molecular weight is 330 g/mol. The molecular weight excluding hydrogens is 316 g/mol. The Labute approximate surface area is 137 Å². The van der Waals surface area contributed by atoms with Crippen LogP contribution in [0.15, 0.2) is 48.7 Å². The molecule has 3 aromatic rings. The predicted molar refractivity (Wildman–Crippen MR) is 89.3 cm³/mol. The van der Waals surface area contributed by atoms with Crippen LogP contribution in [-0.4, -0.2) is 32.8 Å². The normalized spacial score (nSPS) is 10.9. The molecule has 5 nitrogen and oxygen atoms in total. The van der Waals surface area contributed by atoms with Crippen molar-refractivity contribution in [2.45, 2.75) is 6.54 Å². The molecule has 0 aliphatic carbocycles. The second kappa shape index (κ2) is 6.08. The summed E-state index contributed by atoms with van der Waals surface area (Å²) in [7, 11) is -1.49. The van der Waals surface area contributed by atoms with Crippen molar-refractivity contribution in [1.82, 2.24) is 4.57 Å². The first kappa shape index (κ1) is 15.6. The van der Waals surface area contributed by atoms with E-state index in [0.29, 0.717) is 22.4 Å². The van der Waals surface area contributed by atoms with Crippen LogP contribution in [0.25, 0.3) is 10.9 Å². The van der Waals surface area contributed by atoms with Crippen LogP contribution in [0.4, 0.5) is 0 Å². The molecule has 1 heterocycles. The lowest BCUT2D eigenvalue weighted by Crippen LogP contribution is -2.29. The Morgan fingerprint density at radius 3 is 2.43 bits per heavy atom. The predicted octanol–water partition coefficient (Wildman–Crippen LogP) is 1.72. The number of aromatic carboxylic acids is 1. The van der Waals surface area contributed by atoms with Gasteiger partial charge in [-0.1, -0.05) is 35.9 Å². The first-order valence-electron chi connectivity index (χ1n) is 6.92. The lowest BCUT2D eigenvalue weighted by molar-refractivity contribution is 0.0697. The van der Waals surface area contributed by atoms with E-state index in [-0.39, 0.29) is 5.56 Å². The summed E-state index contributed by atoms with van der Waals surface area (Å²) < 4.78 is 1.92. The molecular formula is C16H13BClNO4. The highest BCUT2D eigenvalue weighted by atomic mass is 35.5. The van der Waals surface area contributed by atoms with Crippen molar-refractivity contribution in [3.63, 3.8) is 0 Å². The molecule has 0 fully saturated rings. The molecule has 0 aliphatic rings. The SMILES string of the molecule is O=C(O)c1ccc2c(c1)c(Cl)cn2Cc1ccc(B(O)O)cc1. The molecule has 23 heavy (non-hydrogen) atoms. The maximum Gasteiger partial charge on any atom is 0.488 e. The highest BCUT2D eigenvalue weighted by Crippen LogP contribution is 2.27. The van der Waals surface area contributed by atoms with Crippen molar-refractivity contribution in [2.75, 3.05) is 0 Å². The van der Waals surface area contributed by atoms with Gasteiger partial charge in [0.15, 0.2) is 0 Å². The van der Waals surface area contributed by atoms with E-state index in [1.54, 1.807) is 48.7 Å². The highest BCUT2D eigenvalue weighted by molar-refractivity contribution is 6.58. The molecule has 0 unspecified atom stereocenters. The third kappa shape index (κ3) is 3.10. The molecule has 0 bridgehead atoms. The molecule has 0 atom stereocenters. The first-order chi connectivity index (χ1) is 11.0. The van der Waals surface area contributed by atoms with Crippen LogP contribution in [0.3, 0.4) is 0 Å². The van der Waals surface area contributed by atoms with Crippen LogP contribution in [0, 0.1) is 0 Å². The quantitative estimate of drug-likeness (QED) is 0.637. The minimum Gasteiger partial charge on any atom is -0.478 e. The average Bonchev–Trinajstić information content (AvgIpc) is 2.83. The maximum atomic E-state index is 11.0. The number of hydrogen-bond acceptors (Lipinski definition) is 3. The van der Waals surface area contributed by atoms with Gasteiger partial charge >= 0.3 is 13.1 Å². The Hall–Kier alpha value is -2.28. The molecule has 2 aromatic carbocycles. The van der Waals surface area contributed by atoms with Gasteiger partial charge < -0.3 is 19.7 Å². The summed E-state index contributed by atoms with van der Waals surface area (Å²) in [5.41, 5.74) is 2.42. The number of carboxylic acids is 1. The monoisotopic (exact) mass is 329 g/mol. The first-order valence-corrected chi connectivity index (χ1v) is 7.30. The second-order valence-electron chi connectivity index (χ2n) is 5.26. The summed E-state index contributed by atoms with van der Waals surface area (Å²) in [6.07, 6.45) is 1.76. The van der Waals surface area contributed by atoms with Crippen molar-refractivity contribution in [1.29, 1.82) is 0 Å². The van der Waals surface area contributed by atoms with E-state index in [1.807, 2.05) is 4.57 Å². The zero-order chi connectivity index (χ0) is 16.6. The number of halogens is 1. The molecule has 3 rings (SSSR count). The number of benzene rings is 2. The van der Waals surface area contributed by atoms with Gasteiger partial charge in [-0.25, -0.2) is 4.79 Å². The third-order valence-corrected chi connectivity index (χ3v) is 4.01. The zero-order valence-electron chi connectivity index (χ0n) is 12.0. The zero-order valence-corrected chi connectivity index (χ0v) is 12.7. The standard InChI is InChI=1S/C16H13BClNO4/c18-14-9-19(8-10-1-4-12(5-2-10)17(22)23)15-6-3-11(16(20)21)7-13(14)15/h1-7,9,22-23H,8H2,(H,20,21). The van der Waals surface area contributed by atoms with Crippen molar-refractivity contribution in [3.8, 4) is 0 Å². The van der Waals surface area contributed by atoms with Gasteiger partial charge in [0.1, 0.15) is 0 Å². The minimum atomic E-state index is -1.49. The minimum absolute atomic E-state index is 0.193. The number of nitrogens with zero attached hydrogens (tertiary/aromatic N) is 1. The summed E-state index contributed by atoms with van der Waals surface area (Å²) in [5, 5.41) is 28.4. The molecule has 0 amide bonds. The van der Waals surface area contributed by atoms with Crippen LogP contribution >= 0.6 is 11.6 Å². The van der Waals surface area contributed by atoms with Gasteiger partial charge in [0.2, 0.25) is 0 Å². The summed E-state index contributed by atoms with van der Waals surface area (Å²) in [6, 6.07) is 11.7. The number of fused-ring (bicyclic) bond motifs is 1. The van der Waals surface area contributed by atoms with E-state index >= 15 is 0 Å².